The van der Waals surface area contributed by atoms with Gasteiger partial charge in [-0.2, -0.15) is 0 Å². The van der Waals surface area contributed by atoms with Gasteiger partial charge in [-0.25, -0.2) is 4.79 Å². The maximum Gasteiger partial charge on any atom is 0.317 e. The van der Waals surface area contributed by atoms with Crippen LogP contribution in [0.15, 0.2) is 29.9 Å². The van der Waals surface area contributed by atoms with Crippen molar-refractivity contribution in [2.24, 2.45) is 0 Å². The molecule has 0 aliphatic carbocycles. The van der Waals surface area contributed by atoms with E-state index in [9.17, 15) is 4.79 Å². The molecule has 2 aromatic heterocycles. The fourth-order valence-electron chi connectivity index (χ4n) is 3.06. The van der Waals surface area contributed by atoms with Crippen LogP contribution in [-0.2, 0) is 13.2 Å². The quantitative estimate of drug-likeness (QED) is 0.687. The normalized spacial score (nSPS) is 14.1. The van der Waals surface area contributed by atoms with Crippen LogP contribution < -0.4 is 10.1 Å². The van der Waals surface area contributed by atoms with Crippen molar-refractivity contribution in [3.8, 4) is 5.75 Å². The largest absolute Gasteiger partial charge is 0.486 e. The number of carbonyl (C=O) groups excluding carboxylic acids is 1. The number of halogens is 1. The lowest BCUT2D eigenvalue weighted by molar-refractivity contribution is 0.208. The van der Waals surface area contributed by atoms with Crippen LogP contribution in [-0.4, -0.2) is 34.0 Å². The Labute approximate surface area is 160 Å². The van der Waals surface area contributed by atoms with Crippen LogP contribution in [0.2, 0.25) is 5.02 Å². The van der Waals surface area contributed by atoms with Crippen molar-refractivity contribution < 1.29 is 9.53 Å². The van der Waals surface area contributed by atoms with Crippen LogP contribution in [0.1, 0.15) is 23.4 Å². The van der Waals surface area contributed by atoms with Crippen molar-refractivity contribution in [3.05, 3.63) is 45.5 Å². The number of hydrogen-bond donors (Lipinski definition) is 2. The summed E-state index contributed by atoms with van der Waals surface area (Å²) in [5.74, 6) is 0.627. The Hall–Kier alpha value is -2.25. The number of amides is 2. The van der Waals surface area contributed by atoms with E-state index < -0.39 is 0 Å². The van der Waals surface area contributed by atoms with Crippen LogP contribution in [0.3, 0.4) is 0 Å². The zero-order valence-corrected chi connectivity index (χ0v) is 15.7. The van der Waals surface area contributed by atoms with Gasteiger partial charge in [0.2, 0.25) is 0 Å². The van der Waals surface area contributed by atoms with Crippen molar-refractivity contribution in [1.82, 2.24) is 20.2 Å². The predicted octanol–water partition coefficient (Wildman–Crippen LogP) is 4.16. The second-order valence-electron chi connectivity index (χ2n) is 6.27. The molecular formula is C18H19ClN4O2S. The van der Waals surface area contributed by atoms with E-state index in [0.29, 0.717) is 23.9 Å². The van der Waals surface area contributed by atoms with E-state index >= 15 is 0 Å². The fraction of sp³-hybridized carbons (Fsp3) is 0.333. The van der Waals surface area contributed by atoms with Gasteiger partial charge in [0.1, 0.15) is 12.4 Å². The molecule has 3 heterocycles. The number of aromatic nitrogens is 2. The van der Waals surface area contributed by atoms with Crippen LogP contribution in [0.5, 0.6) is 5.75 Å². The Morgan fingerprint density at radius 3 is 2.96 bits per heavy atom. The number of ether oxygens (including phenoxy) is 1. The molecule has 8 heteroatoms. The molecule has 26 heavy (non-hydrogen) atoms. The molecule has 4 rings (SSSR count). The van der Waals surface area contributed by atoms with Gasteiger partial charge < -0.3 is 19.9 Å². The number of benzene rings is 1. The Morgan fingerprint density at radius 1 is 1.35 bits per heavy atom. The molecule has 6 nitrogen and oxygen atoms in total. The molecule has 0 spiro atoms. The standard InChI is InChI=1S/C18H19ClN4O2S/c19-15-6-12-5-13(8-21-18(24)23-3-1-2-4-23)22-16(12)7-17(15)25-10-14-9-20-11-26-14/h5-7,9,11,22H,1-4,8,10H2,(H,21,24). The van der Waals surface area contributed by atoms with E-state index in [1.807, 2.05) is 23.1 Å². The van der Waals surface area contributed by atoms with Gasteiger partial charge in [-0.3, -0.25) is 4.98 Å². The summed E-state index contributed by atoms with van der Waals surface area (Å²) in [6.07, 6.45) is 3.96. The Bertz CT molecular complexity index is 903. The number of urea groups is 1. The zero-order chi connectivity index (χ0) is 17.9. The first-order chi connectivity index (χ1) is 12.7. The van der Waals surface area contributed by atoms with Crippen LogP contribution in [0.25, 0.3) is 10.9 Å². The number of hydrogen-bond acceptors (Lipinski definition) is 4. The third-order valence-electron chi connectivity index (χ3n) is 4.41. The number of nitrogens with zero attached hydrogens (tertiary/aromatic N) is 2. The van der Waals surface area contributed by atoms with Crippen molar-refractivity contribution >= 4 is 39.9 Å². The molecule has 0 radical (unpaired) electrons. The molecule has 1 saturated heterocycles. The Kier molecular flexibility index (Phi) is 4.99. The first-order valence-corrected chi connectivity index (χ1v) is 9.79. The van der Waals surface area contributed by atoms with E-state index in [1.54, 1.807) is 23.0 Å². The predicted molar refractivity (Wildman–Crippen MR) is 103 cm³/mol. The number of H-pyrrole nitrogens is 1. The number of aromatic amines is 1. The summed E-state index contributed by atoms with van der Waals surface area (Å²) in [5.41, 5.74) is 3.64. The summed E-state index contributed by atoms with van der Waals surface area (Å²) in [7, 11) is 0. The summed E-state index contributed by atoms with van der Waals surface area (Å²) >= 11 is 7.88. The Balaban J connectivity index is 1.43. The lowest BCUT2D eigenvalue weighted by Crippen LogP contribution is -2.37. The second-order valence-corrected chi connectivity index (χ2v) is 7.65. The number of carbonyl (C=O) groups is 1. The molecule has 1 fully saturated rings. The molecule has 2 amide bonds. The van der Waals surface area contributed by atoms with Gasteiger partial charge in [0.15, 0.2) is 0 Å². The summed E-state index contributed by atoms with van der Waals surface area (Å²) in [5, 5.41) is 4.52. The van der Waals surface area contributed by atoms with E-state index in [1.165, 1.54) is 0 Å². The maximum atomic E-state index is 12.1. The first kappa shape index (κ1) is 17.2. The minimum absolute atomic E-state index is 0.00670. The van der Waals surface area contributed by atoms with Gasteiger partial charge in [0.25, 0.3) is 0 Å². The van der Waals surface area contributed by atoms with Crippen molar-refractivity contribution in [1.29, 1.82) is 0 Å². The van der Waals surface area contributed by atoms with Gasteiger partial charge in [-0.15, -0.1) is 11.3 Å². The third-order valence-corrected chi connectivity index (χ3v) is 5.45. The zero-order valence-electron chi connectivity index (χ0n) is 14.1. The SMILES string of the molecule is O=C(NCc1cc2cc(Cl)c(OCc3cncs3)cc2[nH]1)N1CCCC1. The molecular weight excluding hydrogens is 372 g/mol. The second kappa shape index (κ2) is 7.55. The summed E-state index contributed by atoms with van der Waals surface area (Å²) in [6.45, 7) is 2.58. The average molecular weight is 391 g/mol. The van der Waals surface area contributed by atoms with Crippen molar-refractivity contribution in [3.63, 3.8) is 0 Å². The summed E-state index contributed by atoms with van der Waals surface area (Å²) in [4.78, 5) is 22.3. The van der Waals surface area contributed by atoms with Gasteiger partial charge in [-0.1, -0.05) is 11.6 Å². The topological polar surface area (TPSA) is 70.2 Å². The maximum absolute atomic E-state index is 12.1. The number of rotatable bonds is 5. The summed E-state index contributed by atoms with van der Waals surface area (Å²) < 4.78 is 5.81. The number of nitrogens with one attached hydrogen (secondary N) is 2. The highest BCUT2D eigenvalue weighted by Gasteiger charge is 2.17. The van der Waals surface area contributed by atoms with Crippen LogP contribution >= 0.6 is 22.9 Å². The summed E-state index contributed by atoms with van der Waals surface area (Å²) in [6, 6.07) is 5.76. The highest BCUT2D eigenvalue weighted by molar-refractivity contribution is 7.09. The highest BCUT2D eigenvalue weighted by Crippen LogP contribution is 2.31. The molecule has 0 unspecified atom stereocenters. The van der Waals surface area contributed by atoms with E-state index in [4.69, 9.17) is 16.3 Å². The van der Waals surface area contributed by atoms with E-state index in [0.717, 1.165) is 47.4 Å². The lowest BCUT2D eigenvalue weighted by Gasteiger charge is -2.15. The molecule has 1 aliphatic heterocycles. The molecule has 136 valence electrons. The minimum Gasteiger partial charge on any atom is -0.486 e. The number of fused-ring (bicyclic) bond motifs is 1. The molecule has 3 aromatic rings. The van der Waals surface area contributed by atoms with Crippen molar-refractivity contribution in [2.75, 3.05) is 13.1 Å². The molecule has 0 bridgehead atoms. The molecule has 1 aromatic carbocycles. The Morgan fingerprint density at radius 2 is 2.19 bits per heavy atom. The number of likely N-dealkylation sites (tertiary alicyclic amines) is 1. The van der Waals surface area contributed by atoms with Crippen LogP contribution in [0.4, 0.5) is 4.79 Å². The van der Waals surface area contributed by atoms with Gasteiger partial charge in [0, 0.05) is 41.9 Å². The highest BCUT2D eigenvalue weighted by atomic mass is 35.5. The fourth-order valence-corrected chi connectivity index (χ4v) is 3.80. The van der Waals surface area contributed by atoms with Gasteiger partial charge in [0.05, 0.1) is 22.0 Å². The van der Waals surface area contributed by atoms with E-state index in [-0.39, 0.29) is 6.03 Å². The van der Waals surface area contributed by atoms with Gasteiger partial charge in [-0.05, 0) is 25.0 Å². The lowest BCUT2D eigenvalue weighted by atomic mass is 10.2. The van der Waals surface area contributed by atoms with E-state index in [2.05, 4.69) is 15.3 Å². The first-order valence-electron chi connectivity index (χ1n) is 8.53. The molecule has 0 atom stereocenters. The molecule has 2 N–H and O–H groups in total. The number of thiazole rings is 1. The van der Waals surface area contributed by atoms with Crippen LogP contribution in [0, 0.1) is 0 Å². The monoisotopic (exact) mass is 390 g/mol. The van der Waals surface area contributed by atoms with Gasteiger partial charge >= 0.3 is 6.03 Å². The molecule has 1 aliphatic rings. The average Bonchev–Trinajstić information content (AvgIpc) is 3.38. The molecule has 0 saturated carbocycles. The smallest absolute Gasteiger partial charge is 0.317 e. The van der Waals surface area contributed by atoms with Crippen molar-refractivity contribution in [2.45, 2.75) is 26.0 Å². The minimum atomic E-state index is -0.00670. The third kappa shape index (κ3) is 3.78.